The minimum atomic E-state index is -1.15. The highest BCUT2D eigenvalue weighted by Crippen LogP contribution is 2.18. The lowest BCUT2D eigenvalue weighted by molar-refractivity contribution is -0.138. The van der Waals surface area contributed by atoms with E-state index in [1.54, 1.807) is 42.5 Å². The molecule has 7 heteroatoms. The molecular weight excluding hydrogens is 324 g/mol. The summed E-state index contributed by atoms with van der Waals surface area (Å²) in [7, 11) is 1.53. The van der Waals surface area contributed by atoms with Crippen LogP contribution in [0.2, 0.25) is 0 Å². The highest BCUT2D eigenvalue weighted by molar-refractivity contribution is 6.09. The maximum Gasteiger partial charge on any atom is 0.325 e. The van der Waals surface area contributed by atoms with E-state index in [1.165, 1.54) is 20.1 Å². The van der Waals surface area contributed by atoms with Gasteiger partial charge in [0.15, 0.2) is 0 Å². The molecule has 1 unspecified atom stereocenters. The normalized spacial score (nSPS) is 11.3. The van der Waals surface area contributed by atoms with E-state index in [2.05, 4.69) is 10.6 Å². The number of rotatable bonds is 6. The average molecular weight is 342 g/mol. The van der Waals surface area contributed by atoms with E-state index in [-0.39, 0.29) is 5.56 Å². The van der Waals surface area contributed by atoms with E-state index >= 15 is 0 Å². The van der Waals surface area contributed by atoms with Gasteiger partial charge in [-0.1, -0.05) is 12.1 Å². The monoisotopic (exact) mass is 342 g/mol. The van der Waals surface area contributed by atoms with Crippen LogP contribution in [0.3, 0.4) is 0 Å². The van der Waals surface area contributed by atoms with Crippen LogP contribution in [-0.4, -0.2) is 36.0 Å². The maximum absolute atomic E-state index is 12.3. The third-order valence-electron chi connectivity index (χ3n) is 3.49. The van der Waals surface area contributed by atoms with Gasteiger partial charge in [-0.3, -0.25) is 14.4 Å². The molecular formula is C18H18N2O5. The Balaban J connectivity index is 2.18. The van der Waals surface area contributed by atoms with Gasteiger partial charge in [0.1, 0.15) is 11.8 Å². The molecule has 0 bridgehead atoms. The van der Waals surface area contributed by atoms with E-state index in [9.17, 15) is 14.4 Å². The summed E-state index contributed by atoms with van der Waals surface area (Å²) in [5.41, 5.74) is 0.866. The van der Waals surface area contributed by atoms with Crippen molar-refractivity contribution < 1.29 is 24.2 Å². The lowest BCUT2D eigenvalue weighted by Crippen LogP contribution is -2.38. The van der Waals surface area contributed by atoms with Crippen molar-refractivity contribution >= 4 is 23.5 Å². The van der Waals surface area contributed by atoms with Crippen molar-refractivity contribution in [2.75, 3.05) is 12.4 Å². The molecule has 0 spiro atoms. The summed E-state index contributed by atoms with van der Waals surface area (Å²) in [6.07, 6.45) is 0. The number of carboxylic acids is 1. The molecule has 3 N–H and O–H groups in total. The summed E-state index contributed by atoms with van der Waals surface area (Å²) in [6.45, 7) is 1.36. The van der Waals surface area contributed by atoms with E-state index in [0.717, 1.165) is 0 Å². The minimum absolute atomic E-state index is 0.178. The largest absolute Gasteiger partial charge is 0.497 e. The summed E-state index contributed by atoms with van der Waals surface area (Å²) >= 11 is 0. The minimum Gasteiger partial charge on any atom is -0.497 e. The second-order valence-corrected chi connectivity index (χ2v) is 5.26. The second kappa shape index (κ2) is 7.96. The number of nitrogens with one attached hydrogen (secondary N) is 2. The number of amides is 2. The zero-order valence-corrected chi connectivity index (χ0v) is 13.8. The SMILES string of the molecule is COc1ccc(C(=O)Nc2ccccc2C(=O)NC(C)C(=O)O)cc1. The smallest absolute Gasteiger partial charge is 0.325 e. The van der Waals surface area contributed by atoms with Crippen LogP contribution in [0.15, 0.2) is 48.5 Å². The van der Waals surface area contributed by atoms with Crippen LogP contribution < -0.4 is 15.4 Å². The molecule has 1 atom stereocenters. The molecule has 0 fully saturated rings. The maximum atomic E-state index is 12.3. The van der Waals surface area contributed by atoms with Gasteiger partial charge in [-0.2, -0.15) is 0 Å². The van der Waals surface area contributed by atoms with Crippen LogP contribution in [0.25, 0.3) is 0 Å². The van der Waals surface area contributed by atoms with Gasteiger partial charge in [0.2, 0.25) is 0 Å². The van der Waals surface area contributed by atoms with Crippen LogP contribution in [0.5, 0.6) is 5.75 Å². The zero-order valence-electron chi connectivity index (χ0n) is 13.8. The lowest BCUT2D eigenvalue weighted by Gasteiger charge is -2.13. The summed E-state index contributed by atoms with van der Waals surface area (Å²) in [5.74, 6) is -1.50. The molecule has 0 saturated heterocycles. The number of hydrogen-bond acceptors (Lipinski definition) is 4. The fourth-order valence-corrected chi connectivity index (χ4v) is 2.06. The molecule has 0 radical (unpaired) electrons. The molecule has 130 valence electrons. The predicted octanol–water partition coefficient (Wildman–Crippen LogP) is 2.15. The Hall–Kier alpha value is -3.35. The van der Waals surface area contributed by atoms with Crippen molar-refractivity contribution in [3.8, 4) is 5.75 Å². The van der Waals surface area contributed by atoms with Gasteiger partial charge >= 0.3 is 5.97 Å². The van der Waals surface area contributed by atoms with Crippen LogP contribution in [-0.2, 0) is 4.79 Å². The molecule has 2 amide bonds. The van der Waals surface area contributed by atoms with E-state index in [4.69, 9.17) is 9.84 Å². The van der Waals surface area contributed by atoms with Crippen LogP contribution in [0.4, 0.5) is 5.69 Å². The number of para-hydroxylation sites is 1. The third-order valence-corrected chi connectivity index (χ3v) is 3.49. The molecule has 0 aliphatic rings. The number of methoxy groups -OCH3 is 1. The number of carbonyl (C=O) groups is 3. The van der Waals surface area contributed by atoms with Gasteiger partial charge in [-0.15, -0.1) is 0 Å². The predicted molar refractivity (Wildman–Crippen MR) is 92.0 cm³/mol. The summed E-state index contributed by atoms with van der Waals surface area (Å²) < 4.78 is 5.04. The number of benzene rings is 2. The third kappa shape index (κ3) is 4.57. The summed E-state index contributed by atoms with van der Waals surface area (Å²) in [6, 6.07) is 11.8. The van der Waals surface area contributed by atoms with Crippen molar-refractivity contribution in [3.63, 3.8) is 0 Å². The first kappa shape index (κ1) is 18.0. The van der Waals surface area contributed by atoms with Gasteiger partial charge in [-0.05, 0) is 43.3 Å². The van der Waals surface area contributed by atoms with E-state index < -0.39 is 23.8 Å². The summed E-state index contributed by atoms with van der Waals surface area (Å²) in [4.78, 5) is 35.5. The zero-order chi connectivity index (χ0) is 18.4. The van der Waals surface area contributed by atoms with Crippen LogP contribution in [0, 0.1) is 0 Å². The Kier molecular flexibility index (Phi) is 5.73. The number of aliphatic carboxylic acids is 1. The highest BCUT2D eigenvalue weighted by atomic mass is 16.5. The topological polar surface area (TPSA) is 105 Å². The number of ether oxygens (including phenoxy) is 1. The average Bonchev–Trinajstić information content (AvgIpc) is 2.62. The first-order chi connectivity index (χ1) is 11.9. The first-order valence-electron chi connectivity index (χ1n) is 7.50. The van der Waals surface area contributed by atoms with E-state index in [1.807, 2.05) is 0 Å². The highest BCUT2D eigenvalue weighted by Gasteiger charge is 2.18. The van der Waals surface area contributed by atoms with Crippen molar-refractivity contribution in [1.82, 2.24) is 5.32 Å². The molecule has 0 aliphatic carbocycles. The van der Waals surface area contributed by atoms with Crippen LogP contribution >= 0.6 is 0 Å². The van der Waals surface area contributed by atoms with Gasteiger partial charge in [0, 0.05) is 5.56 Å². The molecule has 0 saturated carbocycles. The van der Waals surface area contributed by atoms with E-state index in [0.29, 0.717) is 17.0 Å². The second-order valence-electron chi connectivity index (χ2n) is 5.26. The standard InChI is InChI=1S/C18H18N2O5/c1-11(18(23)24)19-17(22)14-5-3-4-6-15(14)20-16(21)12-7-9-13(25-2)10-8-12/h3-11H,1-2H3,(H,19,22)(H,20,21)(H,23,24). The first-order valence-corrected chi connectivity index (χ1v) is 7.50. The number of carbonyl (C=O) groups excluding carboxylic acids is 2. The molecule has 2 rings (SSSR count). The fourth-order valence-electron chi connectivity index (χ4n) is 2.06. The Bertz CT molecular complexity index is 786. The van der Waals surface area contributed by atoms with Crippen LogP contribution in [0.1, 0.15) is 27.6 Å². The number of anilines is 1. The van der Waals surface area contributed by atoms with Crippen molar-refractivity contribution in [3.05, 3.63) is 59.7 Å². The molecule has 2 aromatic rings. The Morgan fingerprint density at radius 1 is 1.00 bits per heavy atom. The Morgan fingerprint density at radius 2 is 1.64 bits per heavy atom. The van der Waals surface area contributed by atoms with Gasteiger partial charge < -0.3 is 20.5 Å². The number of carboxylic acid groups (broad SMARTS) is 1. The lowest BCUT2D eigenvalue weighted by atomic mass is 10.1. The number of hydrogen-bond donors (Lipinski definition) is 3. The van der Waals surface area contributed by atoms with Crippen molar-refractivity contribution in [1.29, 1.82) is 0 Å². The molecule has 0 aromatic heterocycles. The molecule has 0 heterocycles. The van der Waals surface area contributed by atoms with Gasteiger partial charge in [0.05, 0.1) is 18.4 Å². The Morgan fingerprint density at radius 3 is 2.24 bits per heavy atom. The quantitative estimate of drug-likeness (QED) is 0.746. The van der Waals surface area contributed by atoms with Crippen molar-refractivity contribution in [2.24, 2.45) is 0 Å². The molecule has 0 aliphatic heterocycles. The molecule has 2 aromatic carbocycles. The molecule has 7 nitrogen and oxygen atoms in total. The van der Waals surface area contributed by atoms with Gasteiger partial charge in [0.25, 0.3) is 11.8 Å². The summed E-state index contributed by atoms with van der Waals surface area (Å²) in [5, 5.41) is 13.9. The van der Waals surface area contributed by atoms with Gasteiger partial charge in [-0.25, -0.2) is 0 Å². The molecule has 25 heavy (non-hydrogen) atoms. The van der Waals surface area contributed by atoms with Crippen molar-refractivity contribution in [2.45, 2.75) is 13.0 Å². The Labute approximate surface area is 144 Å². The fraction of sp³-hybridized carbons (Fsp3) is 0.167.